The Labute approximate surface area is 231 Å². The summed E-state index contributed by atoms with van der Waals surface area (Å²) in [7, 11) is 0. The van der Waals surface area contributed by atoms with Crippen LogP contribution in [-0.2, 0) is 0 Å². The van der Waals surface area contributed by atoms with Crippen LogP contribution >= 0.6 is 0 Å². The van der Waals surface area contributed by atoms with E-state index in [0.717, 1.165) is 56.0 Å². The van der Waals surface area contributed by atoms with Crippen molar-refractivity contribution in [3.05, 3.63) is 48.4 Å². The van der Waals surface area contributed by atoms with Crippen LogP contribution in [-0.4, -0.2) is 74.5 Å². The second kappa shape index (κ2) is 8.97. The van der Waals surface area contributed by atoms with E-state index in [0.29, 0.717) is 36.5 Å². The van der Waals surface area contributed by atoms with Crippen molar-refractivity contribution in [3.63, 3.8) is 0 Å². The van der Waals surface area contributed by atoms with Crippen molar-refractivity contribution in [2.75, 3.05) is 37.7 Å². The van der Waals surface area contributed by atoms with Gasteiger partial charge >= 0.3 is 6.01 Å². The van der Waals surface area contributed by atoms with E-state index in [9.17, 15) is 10.2 Å². The topological polar surface area (TPSA) is 94.8 Å². The lowest BCUT2D eigenvalue weighted by Crippen LogP contribution is -2.58. The van der Waals surface area contributed by atoms with Gasteiger partial charge in [-0.05, 0) is 68.1 Å². The van der Waals surface area contributed by atoms with E-state index in [-0.39, 0.29) is 46.4 Å². The molecule has 5 aliphatic rings. The fourth-order valence-corrected chi connectivity index (χ4v) is 7.70. The number of pyridine rings is 1. The maximum Gasteiger partial charge on any atom is 0.319 e. The van der Waals surface area contributed by atoms with E-state index in [4.69, 9.17) is 9.72 Å². The van der Waals surface area contributed by atoms with Crippen molar-refractivity contribution < 1.29 is 19.3 Å². The number of aliphatic hydroxyl groups excluding tert-OH is 1. The van der Waals surface area contributed by atoms with Gasteiger partial charge in [-0.25, -0.2) is 4.39 Å². The van der Waals surface area contributed by atoms with Crippen molar-refractivity contribution in [1.82, 2.24) is 19.9 Å². The van der Waals surface area contributed by atoms with Crippen molar-refractivity contribution in [2.24, 2.45) is 11.8 Å². The molecular weight excluding hydrogens is 509 g/mol. The Bertz CT molecular complexity index is 1620. The first kappa shape index (κ1) is 24.3. The molecule has 2 bridgehead atoms. The summed E-state index contributed by atoms with van der Waals surface area (Å²) in [6, 6.07) is 10.9. The summed E-state index contributed by atoms with van der Waals surface area (Å²) in [6.07, 6.45) is 6.86. The van der Waals surface area contributed by atoms with Crippen molar-refractivity contribution in [3.8, 4) is 23.0 Å². The predicted octanol–water partition coefficient (Wildman–Crippen LogP) is 4.51. The number of hydrogen-bond acceptors (Lipinski definition) is 8. The lowest BCUT2D eigenvalue weighted by molar-refractivity contribution is -0.0532. The highest BCUT2D eigenvalue weighted by Crippen LogP contribution is 2.44. The third-order valence-electron chi connectivity index (χ3n) is 9.81. The fourth-order valence-electron chi connectivity index (χ4n) is 7.70. The molecule has 2 aromatic heterocycles. The number of halogens is 1. The molecule has 0 radical (unpaired) electrons. The summed E-state index contributed by atoms with van der Waals surface area (Å²) < 4.78 is 22.8. The van der Waals surface area contributed by atoms with E-state index < -0.39 is 5.82 Å². The van der Waals surface area contributed by atoms with Gasteiger partial charge in [0.05, 0.1) is 17.0 Å². The molecule has 4 saturated heterocycles. The Kier molecular flexibility index (Phi) is 5.44. The monoisotopic (exact) mass is 541 g/mol. The Morgan fingerprint density at radius 1 is 1.02 bits per heavy atom. The predicted molar refractivity (Wildman–Crippen MR) is 150 cm³/mol. The zero-order valence-electron chi connectivity index (χ0n) is 22.3. The molecule has 40 heavy (non-hydrogen) atoms. The lowest BCUT2D eigenvalue weighted by atomic mass is 9.68. The number of aromatic hydroxyl groups is 1. The highest BCUT2D eigenvalue weighted by Gasteiger charge is 2.47. The number of rotatable bonds is 5. The molecule has 0 amide bonds. The van der Waals surface area contributed by atoms with Gasteiger partial charge < -0.3 is 19.8 Å². The van der Waals surface area contributed by atoms with Gasteiger partial charge in [0.1, 0.15) is 29.4 Å². The number of benzene rings is 2. The molecule has 1 aliphatic carbocycles. The first-order valence-electron chi connectivity index (χ1n) is 14.4. The van der Waals surface area contributed by atoms with Crippen molar-refractivity contribution in [2.45, 2.75) is 43.7 Å². The SMILES string of the molecule is Oc1cc(-c2ncc3c(N4CC5CC(C4)C5O)nc(OCC45CCCN4CCC5)nc3c2F)c2ccccc2c1. The van der Waals surface area contributed by atoms with Crippen molar-refractivity contribution >= 4 is 27.5 Å². The summed E-state index contributed by atoms with van der Waals surface area (Å²) in [5, 5.41) is 22.9. The molecular formula is C31H32FN5O3. The minimum absolute atomic E-state index is 0.0117. The van der Waals surface area contributed by atoms with Crippen LogP contribution in [0, 0.1) is 17.7 Å². The van der Waals surface area contributed by atoms with Gasteiger partial charge in [0.2, 0.25) is 0 Å². The summed E-state index contributed by atoms with van der Waals surface area (Å²) in [5.41, 5.74) is 0.803. The molecule has 1 saturated carbocycles. The third-order valence-corrected chi connectivity index (χ3v) is 9.81. The molecule has 0 spiro atoms. The van der Waals surface area contributed by atoms with Crippen LogP contribution in [0.1, 0.15) is 32.1 Å². The fraction of sp³-hybridized carbons (Fsp3) is 0.452. The molecule has 2 N–H and O–H groups in total. The molecule has 4 aliphatic heterocycles. The molecule has 4 aromatic rings. The van der Waals surface area contributed by atoms with Gasteiger partial charge in [0, 0.05) is 36.7 Å². The van der Waals surface area contributed by atoms with Crippen LogP contribution in [0.4, 0.5) is 10.2 Å². The van der Waals surface area contributed by atoms with Crippen molar-refractivity contribution in [1.29, 1.82) is 0 Å². The zero-order chi connectivity index (χ0) is 27.0. The summed E-state index contributed by atoms with van der Waals surface area (Å²) >= 11 is 0. The number of fused-ring (bicyclic) bond motifs is 5. The Balaban J connectivity index is 1.25. The minimum atomic E-state index is -0.564. The smallest absolute Gasteiger partial charge is 0.319 e. The highest BCUT2D eigenvalue weighted by atomic mass is 19.1. The lowest BCUT2D eigenvalue weighted by Gasteiger charge is -2.51. The Morgan fingerprint density at radius 2 is 1.80 bits per heavy atom. The maximum absolute atomic E-state index is 16.5. The first-order valence-corrected chi connectivity index (χ1v) is 14.4. The van der Waals surface area contributed by atoms with Crippen LogP contribution in [0.2, 0.25) is 0 Å². The minimum Gasteiger partial charge on any atom is -0.508 e. The Hall–Kier alpha value is -3.56. The summed E-state index contributed by atoms with van der Waals surface area (Å²) in [6.45, 7) is 3.98. The zero-order valence-corrected chi connectivity index (χ0v) is 22.3. The molecule has 9 heteroatoms. The van der Waals surface area contributed by atoms with Crippen LogP contribution in [0.3, 0.4) is 0 Å². The molecule has 2 atom stereocenters. The van der Waals surface area contributed by atoms with E-state index in [1.165, 1.54) is 0 Å². The van der Waals surface area contributed by atoms with Crippen LogP contribution in [0.15, 0.2) is 42.6 Å². The number of nitrogens with zero attached hydrogens (tertiary/aromatic N) is 5. The molecule has 2 unspecified atom stereocenters. The summed E-state index contributed by atoms with van der Waals surface area (Å²) in [5.74, 6) is 0.463. The number of phenols is 1. The van der Waals surface area contributed by atoms with Gasteiger partial charge in [-0.1, -0.05) is 24.3 Å². The molecule has 5 fully saturated rings. The molecule has 6 heterocycles. The van der Waals surface area contributed by atoms with E-state index in [2.05, 4.69) is 19.8 Å². The summed E-state index contributed by atoms with van der Waals surface area (Å²) in [4.78, 5) is 18.7. The molecule has 9 rings (SSSR count). The van der Waals surface area contributed by atoms with E-state index in [1.807, 2.05) is 24.3 Å². The number of piperidine rings is 2. The van der Waals surface area contributed by atoms with Crippen LogP contribution in [0.25, 0.3) is 32.9 Å². The number of ether oxygens (including phenoxy) is 1. The standard InChI is InChI=1S/C31H32FN5O3/c32-25-26(23-13-21(38)12-18-5-1-2-6-22(18)23)33-14-24-27(25)34-30(40-17-31-7-3-9-37(31)10-4-8-31)35-29(24)36-15-19-11-20(16-36)28(19)39/h1-2,5-6,12-14,19-20,28,38-39H,3-4,7-11,15-17H2. The quantitative estimate of drug-likeness (QED) is 0.381. The first-order chi connectivity index (χ1) is 19.5. The average Bonchev–Trinajstić information content (AvgIpc) is 3.56. The van der Waals surface area contributed by atoms with Crippen LogP contribution < -0.4 is 9.64 Å². The van der Waals surface area contributed by atoms with Gasteiger partial charge in [0.15, 0.2) is 5.82 Å². The normalized spacial score (nSPS) is 25.4. The second-order valence-electron chi connectivity index (χ2n) is 12.1. The van der Waals surface area contributed by atoms with Gasteiger partial charge in [-0.3, -0.25) is 9.88 Å². The number of anilines is 1. The van der Waals surface area contributed by atoms with Gasteiger partial charge in [-0.2, -0.15) is 9.97 Å². The van der Waals surface area contributed by atoms with Gasteiger partial charge in [-0.15, -0.1) is 0 Å². The van der Waals surface area contributed by atoms with E-state index >= 15 is 4.39 Å². The number of aromatic nitrogens is 3. The molecule has 8 nitrogen and oxygen atoms in total. The third kappa shape index (κ3) is 3.67. The largest absolute Gasteiger partial charge is 0.508 e. The van der Waals surface area contributed by atoms with E-state index in [1.54, 1.807) is 18.3 Å². The highest BCUT2D eigenvalue weighted by molar-refractivity contribution is 5.99. The Morgan fingerprint density at radius 3 is 2.58 bits per heavy atom. The number of hydrogen-bond donors (Lipinski definition) is 2. The van der Waals surface area contributed by atoms with Crippen LogP contribution in [0.5, 0.6) is 11.8 Å². The number of aliphatic hydroxyl groups is 1. The number of phenolic OH excluding ortho intramolecular Hbond substituents is 1. The maximum atomic E-state index is 16.5. The van der Waals surface area contributed by atoms with Gasteiger partial charge in [0.25, 0.3) is 0 Å². The molecule has 2 aromatic carbocycles. The molecule has 206 valence electrons. The second-order valence-corrected chi connectivity index (χ2v) is 12.1. The average molecular weight is 542 g/mol.